The Morgan fingerprint density at radius 1 is 1.14 bits per heavy atom. The van der Waals surface area contributed by atoms with E-state index in [-0.39, 0.29) is 5.97 Å². The number of carbonyl (C=O) groups excluding carboxylic acids is 1. The summed E-state index contributed by atoms with van der Waals surface area (Å²) in [6, 6.07) is 15.6. The molecule has 0 saturated carbocycles. The Morgan fingerprint density at radius 2 is 1.95 bits per heavy atom. The molecule has 3 aromatic rings. The lowest BCUT2D eigenvalue weighted by Crippen LogP contribution is -2.03. The predicted octanol–water partition coefficient (Wildman–Crippen LogP) is 3.92. The average molecular weight is 295 g/mol. The molecule has 0 fully saturated rings. The van der Waals surface area contributed by atoms with Crippen molar-refractivity contribution < 1.29 is 14.3 Å². The Bertz CT molecular complexity index is 777. The number of nitrogens with one attached hydrogen (secondary N) is 1. The van der Waals surface area contributed by atoms with Crippen LogP contribution in [0.15, 0.2) is 54.7 Å². The Labute approximate surface area is 128 Å². The van der Waals surface area contributed by atoms with Gasteiger partial charge in [0.25, 0.3) is 0 Å². The van der Waals surface area contributed by atoms with E-state index in [1.54, 1.807) is 13.1 Å². The van der Waals surface area contributed by atoms with Gasteiger partial charge in [0, 0.05) is 23.2 Å². The first-order valence-electron chi connectivity index (χ1n) is 7.23. The van der Waals surface area contributed by atoms with Crippen molar-refractivity contribution in [3.63, 3.8) is 0 Å². The maximum absolute atomic E-state index is 11.8. The third kappa shape index (κ3) is 2.96. The Kier molecular flexibility index (Phi) is 4.10. The van der Waals surface area contributed by atoms with Crippen LogP contribution < -0.4 is 4.74 Å². The molecule has 0 atom stereocenters. The first-order valence-corrected chi connectivity index (χ1v) is 7.23. The number of fused-ring (bicyclic) bond motifs is 1. The van der Waals surface area contributed by atoms with Gasteiger partial charge in [-0.2, -0.15) is 0 Å². The van der Waals surface area contributed by atoms with Crippen LogP contribution in [0.3, 0.4) is 0 Å². The van der Waals surface area contributed by atoms with Crippen LogP contribution in [-0.4, -0.2) is 17.6 Å². The average Bonchev–Trinajstić information content (AvgIpc) is 2.97. The molecule has 1 heterocycles. The molecule has 0 bridgehead atoms. The lowest BCUT2D eigenvalue weighted by molar-refractivity contribution is 0.0528. The van der Waals surface area contributed by atoms with Crippen molar-refractivity contribution in [1.82, 2.24) is 4.98 Å². The molecule has 2 aromatic carbocycles. The highest BCUT2D eigenvalue weighted by atomic mass is 16.5. The topological polar surface area (TPSA) is 51.3 Å². The van der Waals surface area contributed by atoms with Gasteiger partial charge in [-0.05, 0) is 24.6 Å². The van der Waals surface area contributed by atoms with Gasteiger partial charge in [-0.25, -0.2) is 4.79 Å². The summed E-state index contributed by atoms with van der Waals surface area (Å²) in [4.78, 5) is 14.9. The monoisotopic (exact) mass is 295 g/mol. The van der Waals surface area contributed by atoms with E-state index in [9.17, 15) is 4.79 Å². The number of rotatable bonds is 5. The second kappa shape index (κ2) is 6.35. The van der Waals surface area contributed by atoms with Crippen LogP contribution in [0.5, 0.6) is 5.75 Å². The number of carbonyl (C=O) groups is 1. The number of esters is 1. The second-order valence-electron chi connectivity index (χ2n) is 4.90. The predicted molar refractivity (Wildman–Crippen MR) is 85.0 cm³/mol. The third-order valence-corrected chi connectivity index (χ3v) is 3.40. The van der Waals surface area contributed by atoms with E-state index in [0.29, 0.717) is 18.8 Å². The summed E-state index contributed by atoms with van der Waals surface area (Å²) in [5.74, 6) is 0.445. The summed E-state index contributed by atoms with van der Waals surface area (Å²) < 4.78 is 10.8. The zero-order valence-electron chi connectivity index (χ0n) is 12.3. The van der Waals surface area contributed by atoms with Gasteiger partial charge in [-0.15, -0.1) is 0 Å². The van der Waals surface area contributed by atoms with Gasteiger partial charge in [-0.3, -0.25) is 0 Å². The molecule has 0 saturated heterocycles. The fourth-order valence-electron chi connectivity index (χ4n) is 2.31. The van der Waals surface area contributed by atoms with E-state index in [1.807, 2.05) is 48.5 Å². The van der Waals surface area contributed by atoms with Gasteiger partial charge >= 0.3 is 5.97 Å². The van der Waals surface area contributed by atoms with Crippen molar-refractivity contribution in [1.29, 1.82) is 0 Å². The maximum Gasteiger partial charge on any atom is 0.340 e. The van der Waals surface area contributed by atoms with Crippen LogP contribution in [0.1, 0.15) is 22.8 Å². The minimum absolute atomic E-state index is 0.313. The molecule has 0 radical (unpaired) electrons. The van der Waals surface area contributed by atoms with E-state index < -0.39 is 0 Å². The zero-order chi connectivity index (χ0) is 15.4. The van der Waals surface area contributed by atoms with Gasteiger partial charge in [-0.1, -0.05) is 30.3 Å². The minimum atomic E-state index is -0.313. The van der Waals surface area contributed by atoms with Crippen LogP contribution in [0, 0.1) is 0 Å². The minimum Gasteiger partial charge on any atom is -0.489 e. The van der Waals surface area contributed by atoms with E-state index >= 15 is 0 Å². The molecular weight excluding hydrogens is 278 g/mol. The van der Waals surface area contributed by atoms with Crippen LogP contribution in [0.25, 0.3) is 10.9 Å². The van der Waals surface area contributed by atoms with E-state index in [4.69, 9.17) is 9.47 Å². The number of ether oxygens (including phenoxy) is 2. The van der Waals surface area contributed by atoms with E-state index in [2.05, 4.69) is 4.98 Å². The summed E-state index contributed by atoms with van der Waals surface area (Å²) >= 11 is 0. The molecule has 0 aliphatic heterocycles. The molecule has 1 aromatic heterocycles. The molecular formula is C18H17NO3. The lowest BCUT2D eigenvalue weighted by atomic mass is 10.1. The molecule has 0 unspecified atom stereocenters. The fraction of sp³-hybridized carbons (Fsp3) is 0.167. The van der Waals surface area contributed by atoms with Crippen LogP contribution in [0.2, 0.25) is 0 Å². The molecule has 0 aliphatic rings. The molecule has 3 rings (SSSR count). The maximum atomic E-state index is 11.8. The highest BCUT2D eigenvalue weighted by Crippen LogP contribution is 2.24. The normalized spacial score (nSPS) is 10.6. The van der Waals surface area contributed by atoms with Crippen molar-refractivity contribution in [2.75, 3.05) is 6.61 Å². The number of hydrogen-bond acceptors (Lipinski definition) is 3. The molecule has 0 spiro atoms. The Hall–Kier alpha value is -2.75. The molecule has 4 nitrogen and oxygen atoms in total. The highest BCUT2D eigenvalue weighted by molar-refractivity contribution is 6.04. The van der Waals surface area contributed by atoms with Crippen molar-refractivity contribution >= 4 is 16.9 Å². The van der Waals surface area contributed by atoms with E-state index in [0.717, 1.165) is 22.2 Å². The van der Waals surface area contributed by atoms with Gasteiger partial charge < -0.3 is 14.5 Å². The van der Waals surface area contributed by atoms with Gasteiger partial charge in [0.2, 0.25) is 0 Å². The Balaban J connectivity index is 1.78. The van der Waals surface area contributed by atoms with Gasteiger partial charge in [0.1, 0.15) is 12.4 Å². The number of hydrogen-bond donors (Lipinski definition) is 1. The van der Waals surface area contributed by atoms with Crippen molar-refractivity contribution in [2.45, 2.75) is 13.5 Å². The molecule has 1 N–H and O–H groups in total. The quantitative estimate of drug-likeness (QED) is 0.726. The molecule has 4 heteroatoms. The van der Waals surface area contributed by atoms with Crippen molar-refractivity contribution in [3.8, 4) is 5.75 Å². The molecule has 22 heavy (non-hydrogen) atoms. The van der Waals surface area contributed by atoms with Gasteiger partial charge in [0.05, 0.1) is 12.2 Å². The van der Waals surface area contributed by atoms with Crippen molar-refractivity contribution in [2.24, 2.45) is 0 Å². The SMILES string of the molecule is CCOC(=O)c1c[nH]c2cc(OCc3ccccc3)ccc12. The first-order chi connectivity index (χ1) is 10.8. The summed E-state index contributed by atoms with van der Waals surface area (Å²) in [7, 11) is 0. The zero-order valence-corrected chi connectivity index (χ0v) is 12.3. The molecule has 0 aliphatic carbocycles. The lowest BCUT2D eigenvalue weighted by Gasteiger charge is -2.06. The van der Waals surface area contributed by atoms with Crippen LogP contribution in [-0.2, 0) is 11.3 Å². The fourth-order valence-corrected chi connectivity index (χ4v) is 2.31. The number of aromatic nitrogens is 1. The Morgan fingerprint density at radius 3 is 2.73 bits per heavy atom. The summed E-state index contributed by atoms with van der Waals surface area (Å²) in [5.41, 5.74) is 2.52. The molecule has 0 amide bonds. The number of benzene rings is 2. The second-order valence-corrected chi connectivity index (χ2v) is 4.90. The standard InChI is InChI=1S/C18H17NO3/c1-2-21-18(20)16-11-19-17-10-14(8-9-15(16)17)22-12-13-6-4-3-5-7-13/h3-11,19H,2,12H2,1H3. The van der Waals surface area contributed by atoms with Gasteiger partial charge in [0.15, 0.2) is 0 Å². The third-order valence-electron chi connectivity index (χ3n) is 3.40. The highest BCUT2D eigenvalue weighted by Gasteiger charge is 2.13. The van der Waals surface area contributed by atoms with Crippen LogP contribution in [0.4, 0.5) is 0 Å². The smallest absolute Gasteiger partial charge is 0.340 e. The van der Waals surface area contributed by atoms with E-state index in [1.165, 1.54) is 0 Å². The van der Waals surface area contributed by atoms with Crippen LogP contribution >= 0.6 is 0 Å². The van der Waals surface area contributed by atoms with Crippen molar-refractivity contribution in [3.05, 3.63) is 65.9 Å². The number of H-pyrrole nitrogens is 1. The first kappa shape index (κ1) is 14.2. The summed E-state index contributed by atoms with van der Waals surface area (Å²) in [6.45, 7) is 2.67. The largest absolute Gasteiger partial charge is 0.489 e. The molecule has 112 valence electrons. The summed E-state index contributed by atoms with van der Waals surface area (Å²) in [6.07, 6.45) is 1.67. The number of aromatic amines is 1. The summed E-state index contributed by atoms with van der Waals surface area (Å²) in [5, 5.41) is 0.838.